The van der Waals surface area contributed by atoms with Crippen LogP contribution in [0.3, 0.4) is 0 Å². The van der Waals surface area contributed by atoms with Crippen molar-refractivity contribution in [3.63, 3.8) is 0 Å². The van der Waals surface area contributed by atoms with E-state index in [1.54, 1.807) is 32.0 Å². The van der Waals surface area contributed by atoms with Crippen LogP contribution in [0.5, 0.6) is 0 Å². The van der Waals surface area contributed by atoms with Crippen LogP contribution < -0.4 is 10.6 Å². The quantitative estimate of drug-likeness (QED) is 0.140. The van der Waals surface area contributed by atoms with E-state index in [2.05, 4.69) is 25.8 Å². The number of non-ortho nitro benzene ring substituents is 1. The summed E-state index contributed by atoms with van der Waals surface area (Å²) in [5.41, 5.74) is 0.748. The number of nitro groups is 1. The normalized spacial score (nSPS) is 11.7. The van der Waals surface area contributed by atoms with E-state index < -0.39 is 22.8 Å². The molecule has 0 unspecified atom stereocenters. The minimum absolute atomic E-state index is 0.00431. The number of carbonyl (C=O) groups is 3. The Kier molecular flexibility index (Phi) is 9.55. The number of nitrogens with zero attached hydrogens (tertiary/aromatic N) is 3. The van der Waals surface area contributed by atoms with Crippen LogP contribution in [0.25, 0.3) is 0 Å². The highest BCUT2D eigenvalue weighted by Crippen LogP contribution is 2.23. The van der Waals surface area contributed by atoms with Gasteiger partial charge in [-0.3, -0.25) is 24.8 Å². The standard InChI is InChI=1S/C25H28N6O6S/c1-14(2)21(27-23(33)16-7-6-10-19(12-16)31(35)36)22-28-25(30-29-22)38-13-20(32)26-18-9-5-8-17(11-18)24(34)37-15(3)4/h5-12,14-15,21H,13H2,1-4H3,(H,26,32)(H,27,33)(H,28,29,30)/t21-/m1/s1. The molecular weight excluding hydrogens is 512 g/mol. The molecule has 0 aliphatic heterocycles. The molecule has 38 heavy (non-hydrogen) atoms. The van der Waals surface area contributed by atoms with E-state index in [1.807, 2.05) is 13.8 Å². The molecule has 0 fully saturated rings. The molecule has 3 rings (SSSR count). The van der Waals surface area contributed by atoms with Crippen molar-refractivity contribution in [3.8, 4) is 0 Å². The minimum atomic E-state index is -0.565. The first kappa shape index (κ1) is 28.3. The molecule has 0 spiro atoms. The van der Waals surface area contributed by atoms with E-state index in [-0.39, 0.29) is 34.9 Å². The molecule has 0 bridgehead atoms. The number of anilines is 1. The molecule has 12 nitrogen and oxygen atoms in total. The van der Waals surface area contributed by atoms with Crippen molar-refractivity contribution in [1.82, 2.24) is 20.5 Å². The van der Waals surface area contributed by atoms with Crippen LogP contribution in [0, 0.1) is 16.0 Å². The maximum absolute atomic E-state index is 12.7. The Hall–Kier alpha value is -4.26. The number of ether oxygens (including phenoxy) is 1. The van der Waals surface area contributed by atoms with Crippen LogP contribution in [-0.4, -0.2) is 49.7 Å². The number of benzene rings is 2. The topological polar surface area (TPSA) is 169 Å². The molecule has 0 saturated carbocycles. The van der Waals surface area contributed by atoms with Crippen molar-refractivity contribution in [2.75, 3.05) is 11.1 Å². The highest BCUT2D eigenvalue weighted by molar-refractivity contribution is 7.99. The Morgan fingerprint density at radius 1 is 1.08 bits per heavy atom. The Balaban J connectivity index is 1.60. The average Bonchev–Trinajstić information content (AvgIpc) is 3.34. The molecule has 1 aromatic heterocycles. The van der Waals surface area contributed by atoms with Gasteiger partial charge in [-0.15, -0.1) is 5.10 Å². The predicted octanol–water partition coefficient (Wildman–Crippen LogP) is 4.14. The second kappa shape index (κ2) is 12.8. The third-order valence-electron chi connectivity index (χ3n) is 5.11. The van der Waals surface area contributed by atoms with Crippen LogP contribution in [0.15, 0.2) is 53.7 Å². The third-order valence-corrected chi connectivity index (χ3v) is 5.95. The molecule has 0 radical (unpaired) electrons. The molecule has 200 valence electrons. The number of nitrogens with one attached hydrogen (secondary N) is 3. The van der Waals surface area contributed by atoms with Gasteiger partial charge in [0.2, 0.25) is 11.1 Å². The lowest BCUT2D eigenvalue weighted by Crippen LogP contribution is -2.32. The van der Waals surface area contributed by atoms with Crippen molar-refractivity contribution in [1.29, 1.82) is 0 Å². The first-order valence-electron chi connectivity index (χ1n) is 11.7. The summed E-state index contributed by atoms with van der Waals surface area (Å²) in [4.78, 5) is 52.1. The fourth-order valence-electron chi connectivity index (χ4n) is 3.33. The molecule has 0 aliphatic rings. The Labute approximate surface area is 223 Å². The lowest BCUT2D eigenvalue weighted by atomic mass is 10.0. The number of aromatic amines is 1. The van der Waals surface area contributed by atoms with Gasteiger partial charge in [0.05, 0.1) is 28.4 Å². The molecule has 2 aromatic carbocycles. The summed E-state index contributed by atoms with van der Waals surface area (Å²) in [5.74, 6) is -0.980. The number of hydrogen-bond acceptors (Lipinski definition) is 9. The molecule has 13 heteroatoms. The van der Waals surface area contributed by atoms with Crippen molar-refractivity contribution in [3.05, 3.63) is 75.6 Å². The summed E-state index contributed by atoms with van der Waals surface area (Å²) in [7, 11) is 0. The maximum atomic E-state index is 12.7. The summed E-state index contributed by atoms with van der Waals surface area (Å²) >= 11 is 1.09. The van der Waals surface area contributed by atoms with Gasteiger partial charge < -0.3 is 15.4 Å². The van der Waals surface area contributed by atoms with Crippen molar-refractivity contribution in [2.45, 2.75) is 45.0 Å². The van der Waals surface area contributed by atoms with Crippen molar-refractivity contribution in [2.24, 2.45) is 5.92 Å². The lowest BCUT2D eigenvalue weighted by molar-refractivity contribution is -0.384. The van der Waals surface area contributed by atoms with E-state index in [9.17, 15) is 24.5 Å². The summed E-state index contributed by atoms with van der Waals surface area (Å²) in [6.45, 7) is 7.27. The van der Waals surface area contributed by atoms with E-state index >= 15 is 0 Å². The molecule has 1 heterocycles. The molecule has 3 aromatic rings. The number of nitro benzene ring substituents is 1. The van der Waals surface area contributed by atoms with Crippen LogP contribution in [0.4, 0.5) is 11.4 Å². The van der Waals surface area contributed by atoms with Crippen LogP contribution >= 0.6 is 11.8 Å². The van der Waals surface area contributed by atoms with E-state index in [1.165, 1.54) is 30.3 Å². The first-order valence-corrected chi connectivity index (χ1v) is 12.7. The summed E-state index contributed by atoms with van der Waals surface area (Å²) in [6.07, 6.45) is -0.258. The first-order chi connectivity index (χ1) is 18.0. The van der Waals surface area contributed by atoms with E-state index in [0.717, 1.165) is 11.8 Å². The number of aromatic nitrogens is 3. The second-order valence-corrected chi connectivity index (χ2v) is 9.82. The molecule has 3 N–H and O–H groups in total. The van der Waals surface area contributed by atoms with Crippen molar-refractivity contribution >= 4 is 40.9 Å². The second-order valence-electron chi connectivity index (χ2n) is 8.88. The van der Waals surface area contributed by atoms with Gasteiger partial charge in [-0.1, -0.05) is 37.7 Å². The zero-order valence-corrected chi connectivity index (χ0v) is 22.1. The zero-order valence-electron chi connectivity index (χ0n) is 21.3. The van der Waals surface area contributed by atoms with Gasteiger partial charge in [0, 0.05) is 23.4 Å². The van der Waals surface area contributed by atoms with E-state index in [4.69, 9.17) is 4.74 Å². The van der Waals surface area contributed by atoms with E-state index in [0.29, 0.717) is 22.2 Å². The molecular formula is C25H28N6O6S. The summed E-state index contributed by atoms with van der Waals surface area (Å²) in [5, 5.41) is 23.8. The third kappa shape index (κ3) is 7.87. The fourth-order valence-corrected chi connectivity index (χ4v) is 3.94. The largest absolute Gasteiger partial charge is 0.459 e. The Morgan fingerprint density at radius 3 is 2.47 bits per heavy atom. The number of H-pyrrole nitrogens is 1. The van der Waals surface area contributed by atoms with Crippen molar-refractivity contribution < 1.29 is 24.0 Å². The van der Waals surface area contributed by atoms with Gasteiger partial charge in [0.15, 0.2) is 0 Å². The Morgan fingerprint density at radius 2 is 1.79 bits per heavy atom. The van der Waals surface area contributed by atoms with Crippen LogP contribution in [-0.2, 0) is 9.53 Å². The minimum Gasteiger partial charge on any atom is -0.459 e. The SMILES string of the molecule is CC(C)OC(=O)c1cccc(NC(=O)CSc2n[nH]c([C@H](NC(=O)c3cccc([N+](=O)[O-])c3)C(C)C)n2)c1. The molecule has 0 saturated heterocycles. The van der Waals surface area contributed by atoms with Crippen LogP contribution in [0.2, 0.25) is 0 Å². The highest BCUT2D eigenvalue weighted by Gasteiger charge is 2.24. The lowest BCUT2D eigenvalue weighted by Gasteiger charge is -2.19. The number of carbonyl (C=O) groups excluding carboxylic acids is 3. The van der Waals surface area contributed by atoms with Gasteiger partial charge in [0.1, 0.15) is 5.82 Å². The number of amides is 2. The molecule has 1 atom stereocenters. The Bertz CT molecular complexity index is 1320. The van der Waals surface area contributed by atoms with Crippen LogP contribution in [0.1, 0.15) is 60.3 Å². The van der Waals surface area contributed by atoms with Gasteiger partial charge in [-0.2, -0.15) is 0 Å². The predicted molar refractivity (Wildman–Crippen MR) is 141 cm³/mol. The highest BCUT2D eigenvalue weighted by atomic mass is 32.2. The summed E-state index contributed by atoms with van der Waals surface area (Å²) < 4.78 is 5.17. The smallest absolute Gasteiger partial charge is 0.338 e. The number of esters is 1. The maximum Gasteiger partial charge on any atom is 0.338 e. The average molecular weight is 541 g/mol. The molecule has 0 aliphatic carbocycles. The monoisotopic (exact) mass is 540 g/mol. The number of thioether (sulfide) groups is 1. The van der Waals surface area contributed by atoms with Gasteiger partial charge in [-0.25, -0.2) is 9.78 Å². The number of hydrogen-bond donors (Lipinski definition) is 3. The fraction of sp³-hybridized carbons (Fsp3) is 0.320. The number of rotatable bonds is 11. The molecule has 2 amide bonds. The zero-order chi connectivity index (χ0) is 27.8. The van der Waals surface area contributed by atoms with Gasteiger partial charge >= 0.3 is 5.97 Å². The van der Waals surface area contributed by atoms with Gasteiger partial charge in [0.25, 0.3) is 11.6 Å². The van der Waals surface area contributed by atoms with Gasteiger partial charge in [-0.05, 0) is 44.0 Å². The summed E-state index contributed by atoms with van der Waals surface area (Å²) in [6, 6.07) is 11.3.